The fourth-order valence-corrected chi connectivity index (χ4v) is 2.09. The summed E-state index contributed by atoms with van der Waals surface area (Å²) in [6, 6.07) is 17.9. The highest BCUT2D eigenvalue weighted by atomic mass is 35.5. The molecular weight excluding hydrogens is 330 g/mol. The molecule has 0 aromatic heterocycles. The molecular formula is C18H20ClNO4. The first-order valence-corrected chi connectivity index (χ1v) is 7.28. The normalized spacial score (nSPS) is 10.9. The van der Waals surface area contributed by atoms with Crippen LogP contribution in [-0.4, -0.2) is 25.2 Å². The topological polar surface area (TPSA) is 64.6 Å². The molecule has 0 saturated heterocycles. The first kappa shape index (κ1) is 19.5. The number of hydrogen-bond donors (Lipinski definition) is 1. The molecule has 2 aromatic carbocycles. The van der Waals surface area contributed by atoms with Crippen LogP contribution >= 0.6 is 12.4 Å². The Labute approximate surface area is 147 Å². The molecule has 0 bridgehead atoms. The maximum absolute atomic E-state index is 11.9. The first-order valence-electron chi connectivity index (χ1n) is 7.28. The Morgan fingerprint density at radius 1 is 0.958 bits per heavy atom. The van der Waals surface area contributed by atoms with Gasteiger partial charge < -0.3 is 14.8 Å². The van der Waals surface area contributed by atoms with Crippen molar-refractivity contribution >= 4 is 24.5 Å². The molecule has 128 valence electrons. The van der Waals surface area contributed by atoms with E-state index >= 15 is 0 Å². The SMILES string of the molecule is COC(=O)[C@H](Cc1ccccc1)NC(=O)OCc1ccccc1.Cl. The van der Waals surface area contributed by atoms with Crippen molar-refractivity contribution in [1.29, 1.82) is 0 Å². The zero-order valence-corrected chi connectivity index (χ0v) is 14.1. The number of halogens is 1. The minimum absolute atomic E-state index is 0. The van der Waals surface area contributed by atoms with E-state index in [2.05, 4.69) is 5.32 Å². The molecule has 0 unspecified atom stereocenters. The second-order valence-corrected chi connectivity index (χ2v) is 4.97. The number of benzene rings is 2. The Morgan fingerprint density at radius 2 is 1.50 bits per heavy atom. The molecule has 1 amide bonds. The third-order valence-electron chi connectivity index (χ3n) is 3.27. The summed E-state index contributed by atoms with van der Waals surface area (Å²) >= 11 is 0. The number of methoxy groups -OCH3 is 1. The zero-order chi connectivity index (χ0) is 16.5. The van der Waals surface area contributed by atoms with Crippen LogP contribution in [0.5, 0.6) is 0 Å². The lowest BCUT2D eigenvalue weighted by atomic mass is 10.1. The van der Waals surface area contributed by atoms with Gasteiger partial charge in [-0.25, -0.2) is 9.59 Å². The van der Waals surface area contributed by atoms with Crippen LogP contribution in [0.4, 0.5) is 4.79 Å². The Balaban J connectivity index is 0.00000288. The van der Waals surface area contributed by atoms with E-state index in [9.17, 15) is 9.59 Å². The van der Waals surface area contributed by atoms with Crippen LogP contribution in [0.15, 0.2) is 60.7 Å². The van der Waals surface area contributed by atoms with Gasteiger partial charge in [-0.3, -0.25) is 0 Å². The van der Waals surface area contributed by atoms with Crippen molar-refractivity contribution in [2.24, 2.45) is 0 Å². The number of nitrogens with one attached hydrogen (secondary N) is 1. The molecule has 0 aliphatic heterocycles. The minimum atomic E-state index is -0.786. The number of alkyl carbamates (subject to hydrolysis) is 1. The van der Waals surface area contributed by atoms with Gasteiger partial charge in [0.1, 0.15) is 12.6 Å². The predicted octanol–water partition coefficient (Wildman–Crippen LogP) is 3.12. The van der Waals surface area contributed by atoms with Crippen molar-refractivity contribution in [1.82, 2.24) is 5.32 Å². The van der Waals surface area contributed by atoms with E-state index in [0.29, 0.717) is 6.42 Å². The van der Waals surface area contributed by atoms with Crippen LogP contribution in [0.3, 0.4) is 0 Å². The second kappa shape index (κ2) is 10.3. The number of carbonyl (C=O) groups is 2. The van der Waals surface area contributed by atoms with Gasteiger partial charge >= 0.3 is 12.1 Å². The number of ether oxygens (including phenoxy) is 2. The lowest BCUT2D eigenvalue weighted by molar-refractivity contribution is -0.143. The Kier molecular flexibility index (Phi) is 8.36. The lowest BCUT2D eigenvalue weighted by Gasteiger charge is -2.16. The van der Waals surface area contributed by atoms with Gasteiger partial charge in [-0.1, -0.05) is 60.7 Å². The number of carbonyl (C=O) groups excluding carboxylic acids is 2. The van der Waals surface area contributed by atoms with Gasteiger partial charge in [0.2, 0.25) is 0 Å². The van der Waals surface area contributed by atoms with Gasteiger partial charge in [0.25, 0.3) is 0 Å². The van der Waals surface area contributed by atoms with Crippen LogP contribution in [0, 0.1) is 0 Å². The van der Waals surface area contributed by atoms with Crippen LogP contribution in [0.25, 0.3) is 0 Å². The number of esters is 1. The highest BCUT2D eigenvalue weighted by molar-refractivity contribution is 5.85. The van der Waals surface area contributed by atoms with Crippen LogP contribution in [0.2, 0.25) is 0 Å². The summed E-state index contributed by atoms with van der Waals surface area (Å²) in [6.45, 7) is 0.145. The average Bonchev–Trinajstić information content (AvgIpc) is 2.60. The average molecular weight is 350 g/mol. The molecule has 6 heteroatoms. The molecule has 2 aromatic rings. The van der Waals surface area contributed by atoms with Crippen LogP contribution in [0.1, 0.15) is 11.1 Å². The van der Waals surface area contributed by atoms with Crippen molar-refractivity contribution in [3.05, 3.63) is 71.8 Å². The van der Waals surface area contributed by atoms with Crippen LogP contribution < -0.4 is 5.32 Å². The summed E-state index contributed by atoms with van der Waals surface area (Å²) in [6.07, 6.45) is -0.311. The third-order valence-corrected chi connectivity index (χ3v) is 3.27. The van der Waals surface area contributed by atoms with Gasteiger partial charge in [-0.15, -0.1) is 12.4 Å². The molecule has 0 aliphatic carbocycles. The quantitative estimate of drug-likeness (QED) is 0.814. The molecule has 0 radical (unpaired) electrons. The maximum atomic E-state index is 11.9. The highest BCUT2D eigenvalue weighted by Gasteiger charge is 2.22. The highest BCUT2D eigenvalue weighted by Crippen LogP contribution is 2.06. The molecule has 2 rings (SSSR count). The molecule has 0 heterocycles. The largest absolute Gasteiger partial charge is 0.467 e. The molecule has 24 heavy (non-hydrogen) atoms. The zero-order valence-electron chi connectivity index (χ0n) is 13.3. The predicted molar refractivity (Wildman–Crippen MR) is 93.0 cm³/mol. The summed E-state index contributed by atoms with van der Waals surface area (Å²) in [5.74, 6) is -0.509. The first-order chi connectivity index (χ1) is 11.2. The minimum Gasteiger partial charge on any atom is -0.467 e. The molecule has 0 spiro atoms. The standard InChI is InChI=1S/C18H19NO4.ClH/c1-22-17(20)16(12-14-8-4-2-5-9-14)19-18(21)23-13-15-10-6-3-7-11-15;/h2-11,16H,12-13H2,1H3,(H,19,21);1H/t16-;/m0./s1. The summed E-state index contributed by atoms with van der Waals surface area (Å²) in [5, 5.41) is 2.55. The fourth-order valence-electron chi connectivity index (χ4n) is 2.09. The van der Waals surface area contributed by atoms with Crippen molar-refractivity contribution in [2.45, 2.75) is 19.1 Å². The molecule has 1 N–H and O–H groups in total. The molecule has 1 atom stereocenters. The summed E-state index contributed by atoms with van der Waals surface area (Å²) in [4.78, 5) is 23.7. The van der Waals surface area contributed by atoms with Gasteiger partial charge in [0.05, 0.1) is 7.11 Å². The number of amides is 1. The fraction of sp³-hybridized carbons (Fsp3) is 0.222. The van der Waals surface area contributed by atoms with Gasteiger partial charge in [0.15, 0.2) is 0 Å². The lowest BCUT2D eigenvalue weighted by Crippen LogP contribution is -2.43. The summed E-state index contributed by atoms with van der Waals surface area (Å²) in [7, 11) is 1.29. The van der Waals surface area contributed by atoms with Gasteiger partial charge in [-0.2, -0.15) is 0 Å². The van der Waals surface area contributed by atoms with Crippen molar-refractivity contribution in [3.63, 3.8) is 0 Å². The maximum Gasteiger partial charge on any atom is 0.408 e. The Bertz CT molecular complexity index is 634. The van der Waals surface area contributed by atoms with E-state index < -0.39 is 18.1 Å². The number of hydrogen-bond acceptors (Lipinski definition) is 4. The Hall–Kier alpha value is -2.53. The number of rotatable bonds is 6. The molecule has 0 fully saturated rings. The van der Waals surface area contributed by atoms with Gasteiger partial charge in [0, 0.05) is 6.42 Å². The summed E-state index contributed by atoms with van der Waals surface area (Å²) in [5.41, 5.74) is 1.80. The van der Waals surface area contributed by atoms with E-state index in [1.807, 2.05) is 60.7 Å². The van der Waals surface area contributed by atoms with Crippen molar-refractivity contribution < 1.29 is 19.1 Å². The van der Waals surface area contributed by atoms with Gasteiger partial charge in [-0.05, 0) is 11.1 Å². The van der Waals surface area contributed by atoms with Crippen LogP contribution in [-0.2, 0) is 27.3 Å². The van der Waals surface area contributed by atoms with E-state index in [0.717, 1.165) is 11.1 Å². The Morgan fingerprint density at radius 3 is 2.04 bits per heavy atom. The van der Waals surface area contributed by atoms with E-state index in [-0.39, 0.29) is 19.0 Å². The molecule has 0 aliphatic rings. The monoisotopic (exact) mass is 349 g/mol. The third kappa shape index (κ3) is 6.30. The van der Waals surface area contributed by atoms with E-state index in [1.54, 1.807) is 0 Å². The van der Waals surface area contributed by atoms with E-state index in [1.165, 1.54) is 7.11 Å². The molecule has 0 saturated carbocycles. The van der Waals surface area contributed by atoms with Crippen molar-refractivity contribution in [2.75, 3.05) is 7.11 Å². The van der Waals surface area contributed by atoms with E-state index in [4.69, 9.17) is 9.47 Å². The molecule has 5 nitrogen and oxygen atoms in total. The second-order valence-electron chi connectivity index (χ2n) is 4.97. The summed E-state index contributed by atoms with van der Waals surface area (Å²) < 4.78 is 9.87. The van der Waals surface area contributed by atoms with Crippen molar-refractivity contribution in [3.8, 4) is 0 Å². The smallest absolute Gasteiger partial charge is 0.408 e.